The van der Waals surface area contributed by atoms with Crippen molar-refractivity contribution >= 4 is 5.91 Å². The molecular weight excluding hydrogens is 368 g/mol. The van der Waals surface area contributed by atoms with Gasteiger partial charge < -0.3 is 18.9 Å². The van der Waals surface area contributed by atoms with Crippen LogP contribution < -0.4 is 4.74 Å². The first kappa shape index (κ1) is 19.9. The van der Waals surface area contributed by atoms with Gasteiger partial charge in [-0.2, -0.15) is 0 Å². The Labute approximate surface area is 172 Å². The summed E-state index contributed by atoms with van der Waals surface area (Å²) in [6.07, 6.45) is 5.91. The molecule has 1 unspecified atom stereocenters. The van der Waals surface area contributed by atoms with Gasteiger partial charge in [0.15, 0.2) is 0 Å². The quantitative estimate of drug-likeness (QED) is 0.745. The molecule has 2 fully saturated rings. The molecule has 0 N–H and O–H groups in total. The maximum absolute atomic E-state index is 12.9. The Morgan fingerprint density at radius 1 is 1.28 bits per heavy atom. The van der Waals surface area contributed by atoms with Crippen LogP contribution in [0.3, 0.4) is 0 Å². The van der Waals surface area contributed by atoms with Gasteiger partial charge >= 0.3 is 0 Å². The van der Waals surface area contributed by atoms with Gasteiger partial charge in [0.2, 0.25) is 0 Å². The molecule has 1 aromatic carbocycles. The lowest BCUT2D eigenvalue weighted by atomic mass is 9.96. The van der Waals surface area contributed by atoms with Crippen LogP contribution in [0, 0.1) is 5.92 Å². The average Bonchev–Trinajstić information content (AvgIpc) is 3.37. The summed E-state index contributed by atoms with van der Waals surface area (Å²) in [6.45, 7) is 5.54. The average molecular weight is 399 g/mol. The van der Waals surface area contributed by atoms with Crippen LogP contribution in [0.15, 0.2) is 30.6 Å². The lowest BCUT2D eigenvalue weighted by Crippen LogP contribution is -2.40. The van der Waals surface area contributed by atoms with E-state index in [1.54, 1.807) is 7.11 Å². The third-order valence-electron chi connectivity index (χ3n) is 5.99. The molecule has 2 aliphatic rings. The molecular formula is C22H30N4O3. The van der Waals surface area contributed by atoms with Gasteiger partial charge in [-0.15, -0.1) is 0 Å². The molecule has 0 bridgehead atoms. The van der Waals surface area contributed by atoms with Crippen LogP contribution in [0.4, 0.5) is 0 Å². The van der Waals surface area contributed by atoms with Crippen molar-refractivity contribution < 1.29 is 14.3 Å². The number of carbonyl (C=O) groups is 1. The fourth-order valence-corrected chi connectivity index (χ4v) is 4.30. The normalized spacial score (nSPS) is 20.2. The predicted octanol–water partition coefficient (Wildman–Crippen LogP) is 1.97. The molecule has 4 rings (SSSR count). The van der Waals surface area contributed by atoms with Crippen molar-refractivity contribution in [1.82, 2.24) is 19.4 Å². The number of nitrogens with zero attached hydrogens (tertiary/aromatic N) is 4. The smallest absolute Gasteiger partial charge is 0.254 e. The lowest BCUT2D eigenvalue weighted by Gasteiger charge is -2.27. The van der Waals surface area contributed by atoms with Gasteiger partial charge in [-0.25, -0.2) is 4.98 Å². The van der Waals surface area contributed by atoms with E-state index in [0.29, 0.717) is 32.2 Å². The Hall–Kier alpha value is -2.38. The topological polar surface area (TPSA) is 59.8 Å². The van der Waals surface area contributed by atoms with Gasteiger partial charge in [0.1, 0.15) is 11.6 Å². The molecule has 7 nitrogen and oxygen atoms in total. The van der Waals surface area contributed by atoms with E-state index in [1.165, 1.54) is 0 Å². The largest absolute Gasteiger partial charge is 0.496 e. The van der Waals surface area contributed by atoms with E-state index in [2.05, 4.69) is 14.5 Å². The van der Waals surface area contributed by atoms with Gasteiger partial charge in [-0.3, -0.25) is 9.69 Å². The van der Waals surface area contributed by atoms with Crippen molar-refractivity contribution in [3.63, 3.8) is 0 Å². The highest BCUT2D eigenvalue weighted by Crippen LogP contribution is 2.28. The molecule has 1 aromatic heterocycles. The van der Waals surface area contributed by atoms with E-state index in [4.69, 9.17) is 9.47 Å². The van der Waals surface area contributed by atoms with E-state index in [0.717, 1.165) is 55.2 Å². The van der Waals surface area contributed by atoms with Gasteiger partial charge in [-0.1, -0.05) is 0 Å². The lowest BCUT2D eigenvalue weighted by molar-refractivity contribution is 0.0303. The predicted molar refractivity (Wildman–Crippen MR) is 110 cm³/mol. The number of amides is 1. The maximum atomic E-state index is 12.9. The maximum Gasteiger partial charge on any atom is 0.254 e. The molecule has 7 heteroatoms. The summed E-state index contributed by atoms with van der Waals surface area (Å²) >= 11 is 0. The highest BCUT2D eigenvalue weighted by molar-refractivity contribution is 5.94. The molecule has 0 radical (unpaired) electrons. The number of likely N-dealkylation sites (tertiary alicyclic amines) is 1. The summed E-state index contributed by atoms with van der Waals surface area (Å²) in [6, 6.07) is 5.84. The zero-order valence-corrected chi connectivity index (χ0v) is 17.3. The van der Waals surface area contributed by atoms with Crippen molar-refractivity contribution in [2.24, 2.45) is 13.0 Å². The van der Waals surface area contributed by atoms with Gasteiger partial charge in [-0.05, 0) is 49.1 Å². The van der Waals surface area contributed by atoms with E-state index in [1.807, 2.05) is 42.5 Å². The Kier molecular flexibility index (Phi) is 6.16. The highest BCUT2D eigenvalue weighted by Gasteiger charge is 2.26. The summed E-state index contributed by atoms with van der Waals surface area (Å²) in [7, 11) is 3.74. The molecule has 2 aliphatic heterocycles. The first-order chi connectivity index (χ1) is 14.1. The van der Waals surface area contributed by atoms with Crippen LogP contribution >= 0.6 is 0 Å². The minimum Gasteiger partial charge on any atom is -0.496 e. The summed E-state index contributed by atoms with van der Waals surface area (Å²) in [5, 5.41) is 0. The molecule has 2 aromatic rings. The molecule has 3 heterocycles. The standard InChI is InChI=1S/C22H30N4O3/c1-24-8-6-23-21(24)16-25-7-5-17(15-25)13-19-14-18(3-4-20(19)28-2)22(27)26-9-11-29-12-10-26/h3-4,6,8,14,17H,5,7,9-13,15-16H2,1-2H3. The zero-order chi connectivity index (χ0) is 20.2. The highest BCUT2D eigenvalue weighted by atomic mass is 16.5. The van der Waals surface area contributed by atoms with E-state index >= 15 is 0 Å². The van der Waals surface area contributed by atoms with Crippen LogP contribution in [-0.2, 0) is 24.8 Å². The molecule has 0 saturated carbocycles. The van der Waals surface area contributed by atoms with E-state index < -0.39 is 0 Å². The number of aromatic nitrogens is 2. The van der Waals surface area contributed by atoms with Crippen molar-refractivity contribution in [3.8, 4) is 5.75 Å². The first-order valence-corrected chi connectivity index (χ1v) is 10.4. The summed E-state index contributed by atoms with van der Waals surface area (Å²) in [5.41, 5.74) is 1.86. The molecule has 156 valence electrons. The summed E-state index contributed by atoms with van der Waals surface area (Å²) in [4.78, 5) is 21.6. The number of ether oxygens (including phenoxy) is 2. The van der Waals surface area contributed by atoms with Crippen LogP contribution in [0.5, 0.6) is 5.75 Å². The van der Waals surface area contributed by atoms with E-state index in [9.17, 15) is 4.79 Å². The number of carbonyl (C=O) groups excluding carboxylic acids is 1. The van der Waals surface area contributed by atoms with Crippen LogP contribution in [0.1, 0.15) is 28.2 Å². The third kappa shape index (κ3) is 4.62. The zero-order valence-electron chi connectivity index (χ0n) is 17.3. The summed E-state index contributed by atoms with van der Waals surface area (Å²) < 4.78 is 13.0. The third-order valence-corrected chi connectivity index (χ3v) is 5.99. The summed E-state index contributed by atoms with van der Waals surface area (Å²) in [5.74, 6) is 2.60. The number of hydrogen-bond acceptors (Lipinski definition) is 5. The number of methoxy groups -OCH3 is 1. The van der Waals surface area contributed by atoms with Crippen molar-refractivity contribution in [2.45, 2.75) is 19.4 Å². The first-order valence-electron chi connectivity index (χ1n) is 10.4. The number of benzene rings is 1. The number of aryl methyl sites for hydroxylation is 1. The minimum atomic E-state index is 0.0834. The Bertz CT molecular complexity index is 844. The minimum absolute atomic E-state index is 0.0834. The van der Waals surface area contributed by atoms with Crippen LogP contribution in [0.2, 0.25) is 0 Å². The number of morpholine rings is 1. The van der Waals surface area contributed by atoms with Crippen molar-refractivity contribution in [3.05, 3.63) is 47.5 Å². The molecule has 0 aliphatic carbocycles. The SMILES string of the molecule is COc1ccc(C(=O)N2CCOCC2)cc1CC1CCN(Cc2nccn2C)C1. The molecule has 0 spiro atoms. The molecule has 1 amide bonds. The second-order valence-corrected chi connectivity index (χ2v) is 7.98. The Balaban J connectivity index is 1.42. The monoisotopic (exact) mass is 398 g/mol. The van der Waals surface area contributed by atoms with Gasteiger partial charge in [0.25, 0.3) is 5.91 Å². The van der Waals surface area contributed by atoms with E-state index in [-0.39, 0.29) is 5.91 Å². The van der Waals surface area contributed by atoms with Crippen LogP contribution in [-0.4, -0.2) is 71.8 Å². The number of hydrogen-bond donors (Lipinski definition) is 0. The van der Waals surface area contributed by atoms with Gasteiger partial charge in [0, 0.05) is 44.6 Å². The fourth-order valence-electron chi connectivity index (χ4n) is 4.30. The number of rotatable bonds is 6. The molecule has 29 heavy (non-hydrogen) atoms. The van der Waals surface area contributed by atoms with Gasteiger partial charge in [0.05, 0.1) is 26.9 Å². The van der Waals surface area contributed by atoms with Crippen molar-refractivity contribution in [2.75, 3.05) is 46.5 Å². The van der Waals surface area contributed by atoms with Crippen molar-refractivity contribution in [1.29, 1.82) is 0 Å². The second-order valence-electron chi connectivity index (χ2n) is 7.98. The Morgan fingerprint density at radius 3 is 2.83 bits per heavy atom. The number of imidazole rings is 1. The molecule has 2 saturated heterocycles. The fraction of sp³-hybridized carbons (Fsp3) is 0.545. The molecule has 1 atom stereocenters. The van der Waals surface area contributed by atoms with Crippen LogP contribution in [0.25, 0.3) is 0 Å². The Morgan fingerprint density at radius 2 is 2.10 bits per heavy atom. The second kappa shape index (κ2) is 8.97.